The zero-order valence-corrected chi connectivity index (χ0v) is 14.9. The summed E-state index contributed by atoms with van der Waals surface area (Å²) < 4.78 is 2.06. The van der Waals surface area contributed by atoms with E-state index in [0.717, 1.165) is 29.7 Å². The molecule has 1 aromatic carbocycles. The van der Waals surface area contributed by atoms with E-state index in [1.807, 2.05) is 61.8 Å². The van der Waals surface area contributed by atoms with Crippen molar-refractivity contribution >= 4 is 17.2 Å². The van der Waals surface area contributed by atoms with Crippen LogP contribution in [0.25, 0.3) is 5.52 Å². The molecule has 5 nitrogen and oxygen atoms in total. The molecule has 3 rings (SSSR count). The van der Waals surface area contributed by atoms with Crippen LogP contribution in [0.15, 0.2) is 54.9 Å². The number of carbonyl (C=O) groups excluding carboxylic acids is 2. The Bertz CT molecular complexity index is 914. The lowest BCUT2D eigenvalue weighted by Gasteiger charge is -2.06. The van der Waals surface area contributed by atoms with E-state index in [4.69, 9.17) is 0 Å². The van der Waals surface area contributed by atoms with Crippen molar-refractivity contribution in [3.8, 4) is 0 Å². The van der Waals surface area contributed by atoms with E-state index >= 15 is 0 Å². The molecule has 0 bridgehead atoms. The van der Waals surface area contributed by atoms with Gasteiger partial charge in [-0.3, -0.25) is 9.59 Å². The Morgan fingerprint density at radius 1 is 1.08 bits per heavy atom. The van der Waals surface area contributed by atoms with Crippen LogP contribution in [0.3, 0.4) is 0 Å². The molecular formula is C21H23N3O2. The number of nitrogens with zero attached hydrogens (tertiary/aromatic N) is 2. The fourth-order valence-electron chi connectivity index (χ4n) is 2.99. The van der Waals surface area contributed by atoms with Crippen LogP contribution in [0.4, 0.5) is 0 Å². The van der Waals surface area contributed by atoms with Crippen LogP contribution < -0.4 is 5.32 Å². The Morgan fingerprint density at radius 3 is 2.73 bits per heavy atom. The molecule has 0 aliphatic carbocycles. The number of Topliss-reactive ketones (excluding diaryl/α,β-unsaturated/α-hetero) is 1. The van der Waals surface area contributed by atoms with Crippen molar-refractivity contribution in [2.75, 3.05) is 6.54 Å². The first-order chi connectivity index (χ1) is 12.6. The first kappa shape index (κ1) is 17.9. The molecule has 0 aliphatic rings. The Labute approximate surface area is 153 Å². The summed E-state index contributed by atoms with van der Waals surface area (Å²) in [5.41, 5.74) is 2.72. The molecule has 134 valence electrons. The molecule has 1 N–H and O–H groups in total. The van der Waals surface area contributed by atoms with E-state index in [-0.39, 0.29) is 24.5 Å². The van der Waals surface area contributed by atoms with Crippen molar-refractivity contribution in [1.82, 2.24) is 14.7 Å². The molecule has 0 spiro atoms. The van der Waals surface area contributed by atoms with Gasteiger partial charge in [0.1, 0.15) is 5.82 Å². The number of amides is 1. The van der Waals surface area contributed by atoms with Crippen molar-refractivity contribution in [2.24, 2.45) is 0 Å². The van der Waals surface area contributed by atoms with Gasteiger partial charge >= 0.3 is 0 Å². The molecule has 2 heterocycles. The van der Waals surface area contributed by atoms with Gasteiger partial charge in [-0.15, -0.1) is 0 Å². The maximum atomic E-state index is 12.2. The predicted octanol–water partition coefficient (Wildman–Crippen LogP) is 3.35. The first-order valence-electron chi connectivity index (χ1n) is 8.91. The molecule has 0 atom stereocenters. The van der Waals surface area contributed by atoms with Gasteiger partial charge in [0.2, 0.25) is 5.91 Å². The third-order valence-electron chi connectivity index (χ3n) is 4.44. The monoisotopic (exact) mass is 349 g/mol. The summed E-state index contributed by atoms with van der Waals surface area (Å²) in [7, 11) is 0. The highest BCUT2D eigenvalue weighted by molar-refractivity contribution is 5.99. The van der Waals surface area contributed by atoms with Crippen molar-refractivity contribution in [3.63, 3.8) is 0 Å². The number of aryl methyl sites for hydroxylation is 2. The highest BCUT2D eigenvalue weighted by Crippen LogP contribution is 2.11. The van der Waals surface area contributed by atoms with Crippen LogP contribution in [0.5, 0.6) is 0 Å². The molecule has 2 aromatic heterocycles. The van der Waals surface area contributed by atoms with E-state index in [1.165, 1.54) is 0 Å². The minimum Gasteiger partial charge on any atom is -0.356 e. The number of aromatic nitrogens is 2. The van der Waals surface area contributed by atoms with Gasteiger partial charge in [-0.25, -0.2) is 4.98 Å². The first-order valence-corrected chi connectivity index (χ1v) is 8.91. The number of ketones is 1. The lowest BCUT2D eigenvalue weighted by Crippen LogP contribution is -2.25. The smallest absolute Gasteiger partial charge is 0.220 e. The van der Waals surface area contributed by atoms with Crippen molar-refractivity contribution in [3.05, 3.63) is 71.8 Å². The average Bonchev–Trinajstić information content (AvgIpc) is 3.07. The molecule has 26 heavy (non-hydrogen) atoms. The fraction of sp³-hybridized carbons (Fsp3) is 0.286. The normalized spacial score (nSPS) is 10.8. The minimum atomic E-state index is -0.0834. The summed E-state index contributed by atoms with van der Waals surface area (Å²) in [6, 6.07) is 13.5. The summed E-state index contributed by atoms with van der Waals surface area (Å²) in [6.45, 7) is 2.49. The Hall–Kier alpha value is -2.95. The predicted molar refractivity (Wildman–Crippen MR) is 101 cm³/mol. The number of benzene rings is 1. The molecule has 3 aromatic rings. The Balaban J connectivity index is 1.39. The van der Waals surface area contributed by atoms with Gasteiger partial charge in [0.05, 0.1) is 11.7 Å². The standard InChI is InChI=1S/C21H23N3O2/c1-16-7-2-3-9-18(16)19(25)11-12-21(26)22-13-6-10-20-23-15-17-8-4-5-14-24(17)20/h2-5,7-9,14-15H,6,10-13H2,1H3,(H,22,26). The molecule has 0 fully saturated rings. The van der Waals surface area contributed by atoms with E-state index in [1.54, 1.807) is 0 Å². The zero-order valence-electron chi connectivity index (χ0n) is 14.9. The minimum absolute atomic E-state index is 0.0158. The Kier molecular flexibility index (Phi) is 5.79. The quantitative estimate of drug-likeness (QED) is 0.501. The van der Waals surface area contributed by atoms with Crippen LogP contribution in [0.2, 0.25) is 0 Å². The highest BCUT2D eigenvalue weighted by Gasteiger charge is 2.11. The number of rotatable bonds is 8. The number of carbonyl (C=O) groups is 2. The average molecular weight is 349 g/mol. The molecule has 0 saturated heterocycles. The number of pyridine rings is 1. The third-order valence-corrected chi connectivity index (χ3v) is 4.44. The second-order valence-electron chi connectivity index (χ2n) is 6.36. The topological polar surface area (TPSA) is 63.5 Å². The third kappa shape index (κ3) is 4.36. The zero-order chi connectivity index (χ0) is 18.4. The molecule has 1 amide bonds. The van der Waals surface area contributed by atoms with Crippen LogP contribution in [0.1, 0.15) is 41.0 Å². The summed E-state index contributed by atoms with van der Waals surface area (Å²) in [4.78, 5) is 28.6. The fourth-order valence-corrected chi connectivity index (χ4v) is 2.99. The van der Waals surface area contributed by atoms with Crippen LogP contribution in [-0.4, -0.2) is 27.6 Å². The molecule has 0 unspecified atom stereocenters. The number of imidazole rings is 1. The van der Waals surface area contributed by atoms with Gasteiger partial charge in [0.15, 0.2) is 5.78 Å². The summed E-state index contributed by atoms with van der Waals surface area (Å²) in [5, 5.41) is 2.89. The van der Waals surface area contributed by atoms with E-state index < -0.39 is 0 Å². The van der Waals surface area contributed by atoms with Gasteiger partial charge in [-0.2, -0.15) is 0 Å². The van der Waals surface area contributed by atoms with Crippen molar-refractivity contribution in [2.45, 2.75) is 32.6 Å². The van der Waals surface area contributed by atoms with Gasteiger partial charge in [0.25, 0.3) is 0 Å². The highest BCUT2D eigenvalue weighted by atomic mass is 16.2. The summed E-state index contributed by atoms with van der Waals surface area (Å²) >= 11 is 0. The summed E-state index contributed by atoms with van der Waals surface area (Å²) in [6.07, 6.45) is 5.91. The molecular weight excluding hydrogens is 326 g/mol. The van der Waals surface area contributed by atoms with Gasteiger partial charge in [0, 0.05) is 37.6 Å². The molecule has 0 radical (unpaired) electrons. The van der Waals surface area contributed by atoms with Gasteiger partial charge < -0.3 is 9.72 Å². The van der Waals surface area contributed by atoms with Gasteiger partial charge in [-0.1, -0.05) is 30.3 Å². The number of hydrogen-bond donors (Lipinski definition) is 1. The second-order valence-corrected chi connectivity index (χ2v) is 6.36. The second kappa shape index (κ2) is 8.43. The molecule has 5 heteroatoms. The molecule has 0 aliphatic heterocycles. The van der Waals surface area contributed by atoms with Crippen LogP contribution in [0, 0.1) is 6.92 Å². The van der Waals surface area contributed by atoms with E-state index in [2.05, 4.69) is 14.7 Å². The lowest BCUT2D eigenvalue weighted by atomic mass is 10.0. The van der Waals surface area contributed by atoms with Gasteiger partial charge in [-0.05, 0) is 31.0 Å². The van der Waals surface area contributed by atoms with Crippen molar-refractivity contribution in [1.29, 1.82) is 0 Å². The maximum absolute atomic E-state index is 12.2. The van der Waals surface area contributed by atoms with Crippen LogP contribution >= 0.6 is 0 Å². The SMILES string of the molecule is Cc1ccccc1C(=O)CCC(=O)NCCCc1ncc2ccccn12. The Morgan fingerprint density at radius 2 is 1.88 bits per heavy atom. The molecule has 0 saturated carbocycles. The number of hydrogen-bond acceptors (Lipinski definition) is 3. The van der Waals surface area contributed by atoms with Crippen LogP contribution in [-0.2, 0) is 11.2 Å². The lowest BCUT2D eigenvalue weighted by molar-refractivity contribution is -0.121. The summed E-state index contributed by atoms with van der Waals surface area (Å²) in [5.74, 6) is 0.923. The van der Waals surface area contributed by atoms with Crippen molar-refractivity contribution < 1.29 is 9.59 Å². The number of fused-ring (bicyclic) bond motifs is 1. The largest absolute Gasteiger partial charge is 0.356 e. The van der Waals surface area contributed by atoms with E-state index in [0.29, 0.717) is 12.1 Å². The number of nitrogens with one attached hydrogen (secondary N) is 1. The van der Waals surface area contributed by atoms with E-state index in [9.17, 15) is 9.59 Å². The maximum Gasteiger partial charge on any atom is 0.220 e.